The second-order valence-corrected chi connectivity index (χ2v) is 5.23. The number of aromatic nitrogens is 2. The summed E-state index contributed by atoms with van der Waals surface area (Å²) in [6.07, 6.45) is 0. The molecule has 2 rings (SSSR count). The SMILES string of the molecule is CCN(Cc1cccs1)c1nc(C)nc(N)c1C. The minimum Gasteiger partial charge on any atom is -0.383 e. The largest absolute Gasteiger partial charge is 0.383 e. The number of hydrogen-bond donors (Lipinski definition) is 1. The first kappa shape index (κ1) is 12.8. The van der Waals surface area contributed by atoms with Gasteiger partial charge in [-0.2, -0.15) is 0 Å². The molecule has 5 heteroatoms. The number of anilines is 2. The fraction of sp³-hybridized carbons (Fsp3) is 0.385. The van der Waals surface area contributed by atoms with Crippen LogP contribution in [0.25, 0.3) is 0 Å². The van der Waals surface area contributed by atoms with Crippen molar-refractivity contribution in [3.63, 3.8) is 0 Å². The summed E-state index contributed by atoms with van der Waals surface area (Å²) in [5.74, 6) is 2.23. The third-order valence-corrected chi connectivity index (χ3v) is 3.74. The van der Waals surface area contributed by atoms with Crippen molar-refractivity contribution in [1.29, 1.82) is 0 Å². The Labute approximate surface area is 111 Å². The van der Waals surface area contributed by atoms with Gasteiger partial charge < -0.3 is 10.6 Å². The summed E-state index contributed by atoms with van der Waals surface area (Å²) in [5, 5.41) is 2.09. The molecule has 0 bridgehead atoms. The number of thiophene rings is 1. The lowest BCUT2D eigenvalue weighted by molar-refractivity contribution is 0.808. The fourth-order valence-electron chi connectivity index (χ4n) is 1.87. The average Bonchev–Trinajstić information content (AvgIpc) is 2.84. The highest BCUT2D eigenvalue weighted by Crippen LogP contribution is 2.24. The minimum absolute atomic E-state index is 0.571. The Balaban J connectivity index is 2.32. The Morgan fingerprint density at radius 2 is 2.11 bits per heavy atom. The predicted molar refractivity (Wildman–Crippen MR) is 77.0 cm³/mol. The van der Waals surface area contributed by atoms with Gasteiger partial charge in [0.05, 0.1) is 6.54 Å². The molecule has 2 aromatic rings. The van der Waals surface area contributed by atoms with Gasteiger partial charge in [0.15, 0.2) is 0 Å². The molecule has 0 aliphatic heterocycles. The van der Waals surface area contributed by atoms with Gasteiger partial charge in [-0.25, -0.2) is 9.97 Å². The maximum Gasteiger partial charge on any atom is 0.137 e. The van der Waals surface area contributed by atoms with E-state index in [-0.39, 0.29) is 0 Å². The number of aryl methyl sites for hydroxylation is 1. The van der Waals surface area contributed by atoms with Crippen LogP contribution in [0.1, 0.15) is 23.2 Å². The molecule has 0 radical (unpaired) electrons. The van der Waals surface area contributed by atoms with E-state index in [9.17, 15) is 0 Å². The minimum atomic E-state index is 0.571. The first-order valence-corrected chi connectivity index (χ1v) is 6.87. The molecule has 0 atom stereocenters. The van der Waals surface area contributed by atoms with Crippen LogP contribution in [0.3, 0.4) is 0 Å². The molecular weight excluding hydrogens is 244 g/mol. The lowest BCUT2D eigenvalue weighted by Gasteiger charge is -2.23. The van der Waals surface area contributed by atoms with Gasteiger partial charge in [0, 0.05) is 17.0 Å². The van der Waals surface area contributed by atoms with E-state index in [2.05, 4.69) is 39.3 Å². The molecule has 0 spiro atoms. The van der Waals surface area contributed by atoms with Crippen molar-refractivity contribution in [1.82, 2.24) is 9.97 Å². The molecule has 2 aromatic heterocycles. The van der Waals surface area contributed by atoms with Gasteiger partial charge >= 0.3 is 0 Å². The van der Waals surface area contributed by atoms with Gasteiger partial charge in [-0.15, -0.1) is 11.3 Å². The molecule has 2 heterocycles. The van der Waals surface area contributed by atoms with Crippen LogP contribution in [-0.4, -0.2) is 16.5 Å². The van der Waals surface area contributed by atoms with Crippen molar-refractivity contribution in [2.45, 2.75) is 27.3 Å². The fourth-order valence-corrected chi connectivity index (χ4v) is 2.59. The maximum atomic E-state index is 5.91. The summed E-state index contributed by atoms with van der Waals surface area (Å²) < 4.78 is 0. The molecule has 0 aliphatic rings. The van der Waals surface area contributed by atoms with Crippen LogP contribution in [0.2, 0.25) is 0 Å². The van der Waals surface area contributed by atoms with E-state index in [1.807, 2.05) is 13.8 Å². The monoisotopic (exact) mass is 262 g/mol. The zero-order valence-corrected chi connectivity index (χ0v) is 11.8. The second-order valence-electron chi connectivity index (χ2n) is 4.20. The molecule has 0 fully saturated rings. The average molecular weight is 262 g/mol. The van der Waals surface area contributed by atoms with Crippen molar-refractivity contribution in [2.24, 2.45) is 0 Å². The normalized spacial score (nSPS) is 10.6. The summed E-state index contributed by atoms with van der Waals surface area (Å²) in [6, 6.07) is 4.21. The van der Waals surface area contributed by atoms with Crippen molar-refractivity contribution in [2.75, 3.05) is 17.2 Å². The number of nitrogen functional groups attached to an aromatic ring is 1. The summed E-state index contributed by atoms with van der Waals surface area (Å²) in [5.41, 5.74) is 6.87. The third-order valence-electron chi connectivity index (χ3n) is 2.88. The Bertz CT molecular complexity index is 522. The first-order valence-electron chi connectivity index (χ1n) is 5.99. The van der Waals surface area contributed by atoms with Gasteiger partial charge in [-0.05, 0) is 32.2 Å². The van der Waals surface area contributed by atoms with Crippen LogP contribution in [0, 0.1) is 13.8 Å². The summed E-state index contributed by atoms with van der Waals surface area (Å²) in [7, 11) is 0. The lowest BCUT2D eigenvalue weighted by Crippen LogP contribution is -2.24. The van der Waals surface area contributed by atoms with Crippen LogP contribution in [0.5, 0.6) is 0 Å². The van der Waals surface area contributed by atoms with E-state index in [0.29, 0.717) is 5.82 Å². The van der Waals surface area contributed by atoms with Crippen molar-refractivity contribution >= 4 is 23.0 Å². The standard InChI is InChI=1S/C13H18N4S/c1-4-17(8-11-6-5-7-18-11)13-9(2)12(14)15-10(3)16-13/h5-7H,4,8H2,1-3H3,(H2,14,15,16). The first-order chi connectivity index (χ1) is 8.61. The number of hydrogen-bond acceptors (Lipinski definition) is 5. The van der Waals surface area contributed by atoms with E-state index in [1.54, 1.807) is 11.3 Å². The van der Waals surface area contributed by atoms with Gasteiger partial charge in [-0.1, -0.05) is 6.07 Å². The molecule has 2 N–H and O–H groups in total. The highest BCUT2D eigenvalue weighted by atomic mass is 32.1. The molecule has 0 aliphatic carbocycles. The highest BCUT2D eigenvalue weighted by Gasteiger charge is 2.13. The Morgan fingerprint density at radius 1 is 1.33 bits per heavy atom. The van der Waals surface area contributed by atoms with Crippen LogP contribution in [-0.2, 0) is 6.54 Å². The smallest absolute Gasteiger partial charge is 0.137 e. The van der Waals surface area contributed by atoms with Crippen molar-refractivity contribution < 1.29 is 0 Å². The third kappa shape index (κ3) is 2.61. The topological polar surface area (TPSA) is 55.0 Å². The molecular formula is C13H18N4S. The molecule has 0 saturated carbocycles. The number of nitrogens with zero attached hydrogens (tertiary/aromatic N) is 3. The van der Waals surface area contributed by atoms with Gasteiger partial charge in [0.2, 0.25) is 0 Å². The van der Waals surface area contributed by atoms with Gasteiger partial charge in [0.25, 0.3) is 0 Å². The molecule has 18 heavy (non-hydrogen) atoms. The molecule has 4 nitrogen and oxygen atoms in total. The van der Waals surface area contributed by atoms with Crippen LogP contribution in [0.15, 0.2) is 17.5 Å². The summed E-state index contributed by atoms with van der Waals surface area (Å²) in [4.78, 5) is 12.3. The van der Waals surface area contributed by atoms with E-state index < -0.39 is 0 Å². The summed E-state index contributed by atoms with van der Waals surface area (Å²) in [6.45, 7) is 7.74. The van der Waals surface area contributed by atoms with E-state index in [4.69, 9.17) is 5.73 Å². The molecule has 0 amide bonds. The number of nitrogens with two attached hydrogens (primary N) is 1. The van der Waals surface area contributed by atoms with Crippen molar-refractivity contribution in [3.05, 3.63) is 33.8 Å². The molecule has 96 valence electrons. The van der Waals surface area contributed by atoms with Gasteiger partial charge in [0.1, 0.15) is 17.5 Å². The van der Waals surface area contributed by atoms with Crippen molar-refractivity contribution in [3.8, 4) is 0 Å². The van der Waals surface area contributed by atoms with Crippen LogP contribution >= 0.6 is 11.3 Å². The van der Waals surface area contributed by atoms with Crippen LogP contribution < -0.4 is 10.6 Å². The maximum absolute atomic E-state index is 5.91. The zero-order chi connectivity index (χ0) is 13.1. The van der Waals surface area contributed by atoms with E-state index in [1.165, 1.54) is 4.88 Å². The second kappa shape index (κ2) is 5.35. The summed E-state index contributed by atoms with van der Waals surface area (Å²) >= 11 is 1.76. The highest BCUT2D eigenvalue weighted by molar-refractivity contribution is 7.09. The van der Waals surface area contributed by atoms with E-state index in [0.717, 1.165) is 30.3 Å². The Morgan fingerprint density at radius 3 is 2.72 bits per heavy atom. The predicted octanol–water partition coefficient (Wildman–Crippen LogP) is 2.76. The van der Waals surface area contributed by atoms with E-state index >= 15 is 0 Å². The van der Waals surface area contributed by atoms with Gasteiger partial charge in [-0.3, -0.25) is 0 Å². The Kier molecular flexibility index (Phi) is 3.81. The lowest BCUT2D eigenvalue weighted by atomic mass is 10.2. The molecule has 0 saturated heterocycles. The zero-order valence-electron chi connectivity index (χ0n) is 11.0. The number of rotatable bonds is 4. The van der Waals surface area contributed by atoms with Crippen LogP contribution in [0.4, 0.5) is 11.6 Å². The Hall–Kier alpha value is -1.62. The molecule has 0 unspecified atom stereocenters. The molecule has 0 aromatic carbocycles. The quantitative estimate of drug-likeness (QED) is 0.920.